The molecule has 3 fully saturated rings. The van der Waals surface area contributed by atoms with Gasteiger partial charge in [0.25, 0.3) is 0 Å². The van der Waals surface area contributed by atoms with Crippen molar-refractivity contribution in [2.45, 2.75) is 173 Å². The van der Waals surface area contributed by atoms with Crippen molar-refractivity contribution < 1.29 is 19.1 Å². The summed E-state index contributed by atoms with van der Waals surface area (Å²) < 4.78 is 12.5. The molecule has 0 aromatic carbocycles. The molecule has 11 unspecified atom stereocenters. The van der Waals surface area contributed by atoms with Crippen LogP contribution < -0.4 is 0 Å². The molecule has 3 rings (SSSR count). The molecule has 4 nitrogen and oxygen atoms in total. The Balaban J connectivity index is 1.66. The first-order valence-electron chi connectivity index (χ1n) is 20.0. The number of hydrogen-bond donors (Lipinski definition) is 0. The molecule has 4 heteroatoms. The van der Waals surface area contributed by atoms with Gasteiger partial charge in [-0.05, 0) is 122 Å². The second kappa shape index (κ2) is 16.3. The number of rotatable bonds is 12. The highest BCUT2D eigenvalue weighted by Crippen LogP contribution is 2.52. The maximum absolute atomic E-state index is 13.9. The van der Waals surface area contributed by atoms with E-state index in [9.17, 15) is 9.59 Å². The molecular weight excluding hydrogens is 580 g/mol. The summed E-state index contributed by atoms with van der Waals surface area (Å²) in [5, 5.41) is 0. The summed E-state index contributed by atoms with van der Waals surface area (Å²) in [7, 11) is 0. The van der Waals surface area contributed by atoms with Crippen molar-refractivity contribution in [3.05, 3.63) is 0 Å². The second-order valence-corrected chi connectivity index (χ2v) is 20.8. The molecule has 0 radical (unpaired) electrons. The molecule has 0 aliphatic heterocycles. The molecule has 0 heterocycles. The van der Waals surface area contributed by atoms with Gasteiger partial charge in [0.15, 0.2) is 0 Å². The highest BCUT2D eigenvalue weighted by molar-refractivity contribution is 5.82. The lowest BCUT2D eigenvalue weighted by atomic mass is 9.58. The lowest BCUT2D eigenvalue weighted by Crippen LogP contribution is -2.44. The van der Waals surface area contributed by atoms with Crippen LogP contribution in [0.4, 0.5) is 0 Å². The van der Waals surface area contributed by atoms with Crippen molar-refractivity contribution in [1.82, 2.24) is 0 Å². The molecule has 3 saturated carbocycles. The number of hydrogen-bond acceptors (Lipinski definition) is 4. The van der Waals surface area contributed by atoms with Crippen LogP contribution in [0.1, 0.15) is 173 Å². The largest absolute Gasteiger partial charge is 0.465 e. The van der Waals surface area contributed by atoms with Crippen molar-refractivity contribution >= 4 is 11.9 Å². The lowest BCUT2D eigenvalue weighted by Gasteiger charge is -2.48. The van der Waals surface area contributed by atoms with Gasteiger partial charge in [-0.1, -0.05) is 103 Å². The molecule has 0 saturated heterocycles. The fraction of sp³-hybridized carbons (Fsp3) is 0.953. The zero-order valence-electron chi connectivity index (χ0n) is 33.4. The Bertz CT molecular complexity index is 1000. The van der Waals surface area contributed by atoms with Gasteiger partial charge in [0.2, 0.25) is 0 Å². The van der Waals surface area contributed by atoms with Crippen LogP contribution in [-0.2, 0) is 19.1 Å². The number of carbonyl (C=O) groups excluding carboxylic acids is 2. The Morgan fingerprint density at radius 2 is 1.00 bits per heavy atom. The van der Waals surface area contributed by atoms with Crippen molar-refractivity contribution in [2.75, 3.05) is 13.2 Å². The van der Waals surface area contributed by atoms with Crippen LogP contribution in [0.25, 0.3) is 0 Å². The lowest BCUT2D eigenvalue weighted by molar-refractivity contribution is -0.169. The average Bonchev–Trinajstić information content (AvgIpc) is 2.89. The highest BCUT2D eigenvalue weighted by atomic mass is 16.5. The maximum atomic E-state index is 13.9. The smallest absolute Gasteiger partial charge is 0.309 e. The Labute approximate surface area is 292 Å². The van der Waals surface area contributed by atoms with Gasteiger partial charge in [0.05, 0.1) is 25.0 Å². The molecule has 11 atom stereocenters. The predicted molar refractivity (Wildman–Crippen MR) is 197 cm³/mol. The Hall–Kier alpha value is -1.06. The summed E-state index contributed by atoms with van der Waals surface area (Å²) in [6, 6.07) is 0. The summed E-state index contributed by atoms with van der Waals surface area (Å²) in [6.45, 7) is 31.6. The van der Waals surface area contributed by atoms with Crippen molar-refractivity contribution in [2.24, 2.45) is 74.9 Å². The first-order chi connectivity index (χ1) is 21.6. The van der Waals surface area contributed by atoms with E-state index < -0.39 is 5.92 Å². The molecule has 0 bridgehead atoms. The third kappa shape index (κ3) is 11.8. The zero-order valence-corrected chi connectivity index (χ0v) is 33.4. The highest BCUT2D eigenvalue weighted by Gasteiger charge is 2.47. The van der Waals surface area contributed by atoms with Crippen molar-refractivity contribution in [3.63, 3.8) is 0 Å². The van der Waals surface area contributed by atoms with Gasteiger partial charge in [0, 0.05) is 11.8 Å². The van der Waals surface area contributed by atoms with Crippen LogP contribution in [0.3, 0.4) is 0 Å². The molecule has 0 aromatic heterocycles. The quantitative estimate of drug-likeness (QED) is 0.196. The van der Waals surface area contributed by atoms with Gasteiger partial charge in [-0.15, -0.1) is 0 Å². The minimum Gasteiger partial charge on any atom is -0.465 e. The van der Waals surface area contributed by atoms with Crippen molar-refractivity contribution in [3.8, 4) is 0 Å². The molecule has 0 N–H and O–H groups in total. The van der Waals surface area contributed by atoms with E-state index in [0.717, 1.165) is 19.3 Å². The third-order valence-electron chi connectivity index (χ3n) is 13.2. The molecule has 0 amide bonds. The summed E-state index contributed by atoms with van der Waals surface area (Å²) in [5.41, 5.74) is 1.03. The second-order valence-electron chi connectivity index (χ2n) is 20.8. The van der Waals surface area contributed by atoms with Crippen LogP contribution in [0.5, 0.6) is 0 Å². The maximum Gasteiger partial charge on any atom is 0.309 e. The first-order valence-corrected chi connectivity index (χ1v) is 20.0. The molecule has 3 aliphatic rings. The van der Waals surface area contributed by atoms with E-state index in [1.807, 2.05) is 0 Å². The third-order valence-corrected chi connectivity index (χ3v) is 13.2. The average molecular weight is 659 g/mol. The number of esters is 2. The fourth-order valence-corrected chi connectivity index (χ4v) is 10.9. The van der Waals surface area contributed by atoms with E-state index in [0.29, 0.717) is 65.5 Å². The van der Waals surface area contributed by atoms with Crippen LogP contribution in [0.15, 0.2) is 0 Å². The molecule has 0 spiro atoms. The van der Waals surface area contributed by atoms with E-state index >= 15 is 0 Å². The van der Waals surface area contributed by atoms with E-state index in [-0.39, 0.29) is 28.7 Å². The van der Waals surface area contributed by atoms with Crippen LogP contribution in [-0.4, -0.2) is 25.2 Å². The monoisotopic (exact) mass is 659 g/mol. The number of carbonyl (C=O) groups is 2. The standard InChI is InChI=1S/C43H78O4/c1-29-16-17-34(38(44)46-27-36-32(4)22-30(2)25-42(36,12)20-14-18-40(6,7)8)35(24-29)39(45)47-28-37-33(5)23-31(3)26-43(37,13)21-15-19-41(9,10)11/h29-37H,14-28H2,1-13H3. The summed E-state index contributed by atoms with van der Waals surface area (Å²) in [6.07, 6.45) is 14.4. The van der Waals surface area contributed by atoms with E-state index in [1.165, 1.54) is 64.2 Å². The number of ether oxygens (including phenoxy) is 2. The fourth-order valence-electron chi connectivity index (χ4n) is 10.9. The molecule has 3 aliphatic carbocycles. The zero-order chi connectivity index (χ0) is 35.4. The van der Waals surface area contributed by atoms with Crippen LogP contribution in [0.2, 0.25) is 0 Å². The van der Waals surface area contributed by atoms with Crippen LogP contribution >= 0.6 is 0 Å². The van der Waals surface area contributed by atoms with Crippen molar-refractivity contribution in [1.29, 1.82) is 0 Å². The summed E-state index contributed by atoms with van der Waals surface area (Å²) >= 11 is 0. The Kier molecular flexibility index (Phi) is 14.0. The summed E-state index contributed by atoms with van der Waals surface area (Å²) in [5.74, 6) is 2.50. The van der Waals surface area contributed by atoms with Crippen LogP contribution in [0, 0.1) is 74.9 Å². The normalized spacial score (nSPS) is 38.5. The minimum atomic E-state index is -0.391. The van der Waals surface area contributed by atoms with Gasteiger partial charge in [-0.2, -0.15) is 0 Å². The molecule has 0 aromatic rings. The Morgan fingerprint density at radius 3 is 1.40 bits per heavy atom. The van der Waals surface area contributed by atoms with E-state index in [4.69, 9.17) is 9.47 Å². The van der Waals surface area contributed by atoms with Gasteiger partial charge in [-0.3, -0.25) is 9.59 Å². The predicted octanol–water partition coefficient (Wildman–Crippen LogP) is 11.9. The van der Waals surface area contributed by atoms with E-state index in [2.05, 4.69) is 90.0 Å². The molecular formula is C43H78O4. The van der Waals surface area contributed by atoms with Gasteiger partial charge < -0.3 is 9.47 Å². The molecule has 274 valence electrons. The summed E-state index contributed by atoms with van der Waals surface area (Å²) in [4.78, 5) is 27.8. The van der Waals surface area contributed by atoms with Gasteiger partial charge in [-0.25, -0.2) is 0 Å². The van der Waals surface area contributed by atoms with E-state index in [1.54, 1.807) is 0 Å². The minimum absolute atomic E-state index is 0.159. The topological polar surface area (TPSA) is 52.6 Å². The van der Waals surface area contributed by atoms with Gasteiger partial charge >= 0.3 is 11.9 Å². The SMILES string of the molecule is CC1CCC(C(=O)OCC2C(C)CC(C)CC2(C)CCCC(C)(C)C)C(C(=O)OCC2C(C)CC(C)CC2(C)CCCC(C)(C)C)C1. The first kappa shape index (κ1) is 40.4. The van der Waals surface area contributed by atoms with Gasteiger partial charge in [0.1, 0.15) is 0 Å². The Morgan fingerprint density at radius 1 is 0.596 bits per heavy atom. The molecule has 47 heavy (non-hydrogen) atoms.